The molecule has 2 nitrogen and oxygen atoms in total. The number of hydrogen-bond donors (Lipinski definition) is 0. The van der Waals surface area contributed by atoms with E-state index in [4.69, 9.17) is 16.3 Å². The Bertz CT molecular complexity index is 414. The summed E-state index contributed by atoms with van der Waals surface area (Å²) in [7, 11) is 0. The molecule has 0 saturated carbocycles. The van der Waals surface area contributed by atoms with E-state index in [9.17, 15) is 9.18 Å². The minimum absolute atomic E-state index is 0.276. The van der Waals surface area contributed by atoms with E-state index in [2.05, 4.69) is 31.9 Å². The number of carbonyl (C=O) groups is 1. The normalized spacial score (nSPS) is 14.2. The molecule has 0 aliphatic carbocycles. The van der Waals surface area contributed by atoms with Crippen molar-refractivity contribution in [1.29, 1.82) is 0 Å². The summed E-state index contributed by atoms with van der Waals surface area (Å²) in [5.41, 5.74) is 0.312. The van der Waals surface area contributed by atoms with E-state index in [1.807, 2.05) is 0 Å². The van der Waals surface area contributed by atoms with E-state index in [0.717, 1.165) is 0 Å². The van der Waals surface area contributed by atoms with Gasteiger partial charge in [0.05, 0.1) is 11.4 Å². The largest absolute Gasteiger partial charge is 0.465 e. The molecule has 0 aromatic heterocycles. The molecular formula is C11H10Br2ClFO2. The van der Waals surface area contributed by atoms with Crippen LogP contribution in [-0.2, 0) is 9.53 Å². The zero-order valence-electron chi connectivity index (χ0n) is 8.92. The summed E-state index contributed by atoms with van der Waals surface area (Å²) in [5.74, 6) is -0.876. The van der Waals surface area contributed by atoms with E-state index in [-0.39, 0.29) is 6.61 Å². The van der Waals surface area contributed by atoms with Crippen LogP contribution < -0.4 is 0 Å². The average molecular weight is 388 g/mol. The van der Waals surface area contributed by atoms with Gasteiger partial charge in [-0.2, -0.15) is 0 Å². The van der Waals surface area contributed by atoms with Crippen LogP contribution in [0, 0.1) is 5.82 Å². The number of hydrogen-bond acceptors (Lipinski definition) is 2. The molecule has 94 valence electrons. The maximum atomic E-state index is 13.6. The zero-order valence-corrected chi connectivity index (χ0v) is 12.9. The summed E-state index contributed by atoms with van der Waals surface area (Å²) in [5, 5.41) is 0.411. The number of ether oxygens (including phenoxy) is 1. The molecule has 0 aliphatic heterocycles. The topological polar surface area (TPSA) is 26.3 Å². The first-order chi connectivity index (χ1) is 7.97. The Morgan fingerprint density at radius 2 is 2.18 bits per heavy atom. The maximum absolute atomic E-state index is 13.6. The minimum Gasteiger partial charge on any atom is -0.465 e. The van der Waals surface area contributed by atoms with Gasteiger partial charge in [0.25, 0.3) is 0 Å². The van der Waals surface area contributed by atoms with Crippen molar-refractivity contribution in [2.45, 2.75) is 16.6 Å². The lowest BCUT2D eigenvalue weighted by Gasteiger charge is -2.16. The highest BCUT2D eigenvalue weighted by atomic mass is 79.9. The van der Waals surface area contributed by atoms with Crippen LogP contribution in [0.2, 0.25) is 5.02 Å². The summed E-state index contributed by atoms with van der Waals surface area (Å²) in [6.45, 7) is 1.99. The number of benzene rings is 1. The van der Waals surface area contributed by atoms with Crippen molar-refractivity contribution in [3.05, 3.63) is 34.6 Å². The summed E-state index contributed by atoms with van der Waals surface area (Å²) in [4.78, 5) is 10.3. The van der Waals surface area contributed by atoms with Crippen molar-refractivity contribution in [1.82, 2.24) is 0 Å². The van der Waals surface area contributed by atoms with Gasteiger partial charge in [0.1, 0.15) is 10.6 Å². The van der Waals surface area contributed by atoms with E-state index < -0.39 is 21.4 Å². The lowest BCUT2D eigenvalue weighted by molar-refractivity contribution is -0.142. The number of alkyl halides is 2. The highest BCUT2D eigenvalue weighted by Crippen LogP contribution is 2.34. The maximum Gasteiger partial charge on any atom is 0.321 e. The van der Waals surface area contributed by atoms with Gasteiger partial charge in [0.15, 0.2) is 0 Å². The summed E-state index contributed by atoms with van der Waals surface area (Å²) >= 11 is 12.2. The molecule has 1 aromatic carbocycles. The van der Waals surface area contributed by atoms with Gasteiger partial charge in [0, 0.05) is 10.6 Å². The predicted octanol–water partition coefficient (Wildman–Crippen LogP) is 4.24. The Hall–Kier alpha value is -0.130. The van der Waals surface area contributed by atoms with Crippen LogP contribution in [0.3, 0.4) is 0 Å². The van der Waals surface area contributed by atoms with Crippen molar-refractivity contribution in [3.63, 3.8) is 0 Å². The molecule has 0 bridgehead atoms. The lowest BCUT2D eigenvalue weighted by Crippen LogP contribution is -2.22. The van der Waals surface area contributed by atoms with Gasteiger partial charge >= 0.3 is 5.97 Å². The lowest BCUT2D eigenvalue weighted by atomic mass is 10.1. The Labute approximate surface area is 121 Å². The van der Waals surface area contributed by atoms with Crippen LogP contribution in [0.1, 0.15) is 17.3 Å². The van der Waals surface area contributed by atoms with E-state index in [1.165, 1.54) is 18.2 Å². The van der Waals surface area contributed by atoms with Crippen LogP contribution in [-0.4, -0.2) is 17.4 Å². The molecule has 0 heterocycles. The van der Waals surface area contributed by atoms with Crippen LogP contribution in [0.5, 0.6) is 0 Å². The summed E-state index contributed by atoms with van der Waals surface area (Å²) < 4.78 is 18.4. The highest BCUT2D eigenvalue weighted by molar-refractivity contribution is 9.12. The molecule has 6 heteroatoms. The molecule has 0 N–H and O–H groups in total. The monoisotopic (exact) mass is 386 g/mol. The molecule has 1 aromatic rings. The minimum atomic E-state index is -0.671. The van der Waals surface area contributed by atoms with Crippen molar-refractivity contribution < 1.29 is 13.9 Å². The van der Waals surface area contributed by atoms with Gasteiger partial charge in [-0.05, 0) is 25.1 Å². The van der Waals surface area contributed by atoms with Gasteiger partial charge in [-0.25, -0.2) is 4.39 Å². The standard InChI is InChI=1S/C11H10Br2ClFO2/c1-2-17-11(16)10(13)9(12)7-5-6(14)3-4-8(7)15/h3-5,9-10H,2H2,1H3. The highest BCUT2D eigenvalue weighted by Gasteiger charge is 2.28. The molecule has 17 heavy (non-hydrogen) atoms. The zero-order chi connectivity index (χ0) is 13.0. The third kappa shape index (κ3) is 3.93. The molecule has 0 saturated heterocycles. The molecule has 0 aliphatic rings. The third-order valence-corrected chi connectivity index (χ3v) is 4.89. The van der Waals surface area contributed by atoms with Crippen LogP contribution in [0.25, 0.3) is 0 Å². The molecule has 2 atom stereocenters. The first-order valence-corrected chi connectivity index (χ1v) is 7.08. The molecular weight excluding hydrogens is 378 g/mol. The molecule has 0 radical (unpaired) electrons. The van der Waals surface area contributed by atoms with Crippen LogP contribution >= 0.6 is 43.5 Å². The Balaban J connectivity index is 2.91. The first kappa shape index (κ1) is 14.9. The molecule has 0 amide bonds. The van der Waals surface area contributed by atoms with Crippen molar-refractivity contribution in [2.24, 2.45) is 0 Å². The second-order valence-electron chi connectivity index (χ2n) is 3.22. The van der Waals surface area contributed by atoms with Gasteiger partial charge in [-0.3, -0.25) is 4.79 Å². The number of halogens is 4. The number of rotatable bonds is 4. The smallest absolute Gasteiger partial charge is 0.321 e. The molecule has 1 rings (SSSR count). The van der Waals surface area contributed by atoms with Crippen molar-refractivity contribution >= 4 is 49.4 Å². The molecule has 2 unspecified atom stereocenters. The fourth-order valence-corrected chi connectivity index (χ4v) is 2.39. The predicted molar refractivity (Wildman–Crippen MR) is 72.4 cm³/mol. The fourth-order valence-electron chi connectivity index (χ4n) is 1.22. The fraction of sp³-hybridized carbons (Fsp3) is 0.364. The SMILES string of the molecule is CCOC(=O)C(Br)C(Br)c1cc(Cl)ccc1F. The Kier molecular flexibility index (Phi) is 5.89. The van der Waals surface area contributed by atoms with Crippen LogP contribution in [0.4, 0.5) is 4.39 Å². The second-order valence-corrected chi connectivity index (χ2v) is 5.63. The molecule has 0 fully saturated rings. The number of esters is 1. The Morgan fingerprint density at radius 3 is 2.76 bits per heavy atom. The average Bonchev–Trinajstić information content (AvgIpc) is 2.30. The van der Waals surface area contributed by atoms with Gasteiger partial charge in [0.2, 0.25) is 0 Å². The van der Waals surface area contributed by atoms with Gasteiger partial charge in [-0.1, -0.05) is 43.5 Å². The quantitative estimate of drug-likeness (QED) is 0.570. The summed E-state index contributed by atoms with van der Waals surface area (Å²) in [6, 6.07) is 4.19. The van der Waals surface area contributed by atoms with Gasteiger partial charge < -0.3 is 4.74 Å². The third-order valence-electron chi connectivity index (χ3n) is 2.02. The second kappa shape index (κ2) is 6.71. The van der Waals surface area contributed by atoms with E-state index in [0.29, 0.717) is 10.6 Å². The number of carbonyl (C=O) groups excluding carboxylic acids is 1. The van der Waals surface area contributed by atoms with E-state index >= 15 is 0 Å². The molecule has 0 spiro atoms. The first-order valence-electron chi connectivity index (χ1n) is 4.87. The van der Waals surface area contributed by atoms with Crippen LogP contribution in [0.15, 0.2) is 18.2 Å². The van der Waals surface area contributed by atoms with Crippen molar-refractivity contribution in [3.8, 4) is 0 Å². The Morgan fingerprint density at radius 1 is 1.53 bits per heavy atom. The van der Waals surface area contributed by atoms with E-state index in [1.54, 1.807) is 6.92 Å². The summed E-state index contributed by atoms with van der Waals surface area (Å²) in [6.07, 6.45) is 0. The van der Waals surface area contributed by atoms with Crippen molar-refractivity contribution in [2.75, 3.05) is 6.61 Å². The van der Waals surface area contributed by atoms with Gasteiger partial charge in [-0.15, -0.1) is 0 Å².